The van der Waals surface area contributed by atoms with Crippen LogP contribution in [0.1, 0.15) is 146 Å². The van der Waals surface area contributed by atoms with Gasteiger partial charge in [0.25, 0.3) is 0 Å². The first kappa shape index (κ1) is 24.6. The Hall–Kier alpha value is -1.04. The maximum absolute atomic E-state index is 2.59. The van der Waals surface area contributed by atoms with Gasteiger partial charge in [0.05, 0.1) is 0 Å². The van der Waals surface area contributed by atoms with Gasteiger partial charge in [-0.15, -0.1) is 0 Å². The minimum atomic E-state index is 0.660. The highest BCUT2D eigenvalue weighted by atomic mass is 14.4. The molecule has 0 N–H and O–H groups in total. The van der Waals surface area contributed by atoms with E-state index < -0.39 is 0 Å². The Bertz CT molecular complexity index is 629. The Morgan fingerprint density at radius 1 is 0.806 bits per heavy atom. The lowest BCUT2D eigenvalue weighted by Crippen LogP contribution is -2.25. The van der Waals surface area contributed by atoms with Crippen molar-refractivity contribution in [1.29, 1.82) is 0 Å². The predicted octanol–water partition coefficient (Wildman–Crippen LogP) is 10.3. The summed E-state index contributed by atoms with van der Waals surface area (Å²) in [5.74, 6) is 0.731. The number of hydrogen-bond acceptors (Lipinski definition) is 0. The molecule has 0 spiro atoms. The fraction of sp³-hybridized carbons (Fsp3) is 0.742. The van der Waals surface area contributed by atoms with Crippen LogP contribution in [0.2, 0.25) is 0 Å². The fourth-order valence-electron chi connectivity index (χ4n) is 6.29. The Balaban J connectivity index is 1.68. The average Bonchev–Trinajstić information content (AvgIpc) is 2.82. The van der Waals surface area contributed by atoms with E-state index in [1.165, 1.54) is 122 Å². The molecule has 3 rings (SSSR count). The van der Waals surface area contributed by atoms with Gasteiger partial charge < -0.3 is 0 Å². The molecule has 1 atom stereocenters. The minimum absolute atomic E-state index is 0.660. The maximum atomic E-state index is 2.59. The Labute approximate surface area is 194 Å². The quantitative estimate of drug-likeness (QED) is 0.219. The summed E-state index contributed by atoms with van der Waals surface area (Å²) >= 11 is 0. The molecule has 1 fully saturated rings. The van der Waals surface area contributed by atoms with Crippen molar-refractivity contribution in [3.05, 3.63) is 47.0 Å². The Morgan fingerprint density at radius 2 is 1.58 bits per heavy atom. The van der Waals surface area contributed by atoms with E-state index in [-0.39, 0.29) is 0 Å². The van der Waals surface area contributed by atoms with Gasteiger partial charge in [0.1, 0.15) is 0 Å². The van der Waals surface area contributed by atoms with E-state index in [0.717, 1.165) is 5.92 Å². The first-order valence-corrected chi connectivity index (χ1v) is 14.0. The third kappa shape index (κ3) is 8.11. The summed E-state index contributed by atoms with van der Waals surface area (Å²) < 4.78 is 0. The van der Waals surface area contributed by atoms with Gasteiger partial charge in [-0.25, -0.2) is 0 Å². The van der Waals surface area contributed by atoms with E-state index in [1.54, 1.807) is 16.7 Å². The van der Waals surface area contributed by atoms with E-state index in [2.05, 4.69) is 44.2 Å². The van der Waals surface area contributed by atoms with Crippen LogP contribution in [0.15, 0.2) is 35.9 Å². The molecule has 174 valence electrons. The molecule has 2 aliphatic carbocycles. The van der Waals surface area contributed by atoms with Crippen molar-refractivity contribution in [3.63, 3.8) is 0 Å². The van der Waals surface area contributed by atoms with Crippen LogP contribution in [-0.2, 0) is 6.42 Å². The number of unbranched alkanes of at least 4 members (excludes halogenated alkanes) is 3. The molecule has 0 heterocycles. The van der Waals surface area contributed by atoms with Gasteiger partial charge in [-0.05, 0) is 99.5 Å². The lowest BCUT2D eigenvalue weighted by Gasteiger charge is -2.39. The van der Waals surface area contributed by atoms with Crippen LogP contribution in [-0.4, -0.2) is 0 Å². The standard InChI is InChI=1S/C31H50/c1-3-5-9-14-27-17-19-29(20-18-27)30(26-28-15-10-7-11-16-28)21-25-31(22-6-4-2)23-12-8-13-24-31/h15,17-20,30H,3-14,16,21-26H2,1-2H3. The molecule has 0 saturated heterocycles. The van der Waals surface area contributed by atoms with Crippen molar-refractivity contribution in [2.24, 2.45) is 5.41 Å². The average molecular weight is 423 g/mol. The minimum Gasteiger partial charge on any atom is -0.0853 e. The second-order valence-corrected chi connectivity index (χ2v) is 10.9. The summed E-state index contributed by atoms with van der Waals surface area (Å²) in [6.45, 7) is 4.67. The van der Waals surface area contributed by atoms with Crippen molar-refractivity contribution >= 4 is 0 Å². The van der Waals surface area contributed by atoms with E-state index in [4.69, 9.17) is 0 Å². The van der Waals surface area contributed by atoms with Gasteiger partial charge in [-0.2, -0.15) is 0 Å². The summed E-state index contributed by atoms with van der Waals surface area (Å²) in [5.41, 5.74) is 5.58. The van der Waals surface area contributed by atoms with Gasteiger partial charge in [0, 0.05) is 0 Å². The highest BCUT2D eigenvalue weighted by Gasteiger charge is 2.32. The smallest absolute Gasteiger partial charge is 0.0125 e. The van der Waals surface area contributed by atoms with Gasteiger partial charge in [-0.3, -0.25) is 0 Å². The van der Waals surface area contributed by atoms with Crippen molar-refractivity contribution < 1.29 is 0 Å². The highest BCUT2D eigenvalue weighted by Crippen LogP contribution is 2.46. The second-order valence-electron chi connectivity index (χ2n) is 10.9. The van der Waals surface area contributed by atoms with Crippen molar-refractivity contribution in [2.75, 3.05) is 0 Å². The zero-order valence-electron chi connectivity index (χ0n) is 20.9. The molecule has 1 aromatic carbocycles. The van der Waals surface area contributed by atoms with Crippen LogP contribution in [0.3, 0.4) is 0 Å². The maximum Gasteiger partial charge on any atom is -0.0125 e. The summed E-state index contributed by atoms with van der Waals surface area (Å²) in [6, 6.07) is 9.88. The largest absolute Gasteiger partial charge is 0.0853 e. The zero-order chi connectivity index (χ0) is 21.8. The number of rotatable bonds is 13. The summed E-state index contributed by atoms with van der Waals surface area (Å²) in [6.07, 6.45) is 29.2. The Morgan fingerprint density at radius 3 is 2.26 bits per heavy atom. The van der Waals surface area contributed by atoms with Crippen LogP contribution in [0.5, 0.6) is 0 Å². The lowest BCUT2D eigenvalue weighted by atomic mass is 9.67. The number of hydrogen-bond donors (Lipinski definition) is 0. The van der Waals surface area contributed by atoms with Gasteiger partial charge in [-0.1, -0.05) is 94.7 Å². The number of allylic oxidation sites excluding steroid dienone is 2. The summed E-state index contributed by atoms with van der Waals surface area (Å²) in [4.78, 5) is 0. The third-order valence-corrected chi connectivity index (χ3v) is 8.41. The zero-order valence-corrected chi connectivity index (χ0v) is 20.9. The van der Waals surface area contributed by atoms with E-state index >= 15 is 0 Å². The van der Waals surface area contributed by atoms with Crippen LogP contribution in [0.25, 0.3) is 0 Å². The van der Waals surface area contributed by atoms with Crippen LogP contribution in [0.4, 0.5) is 0 Å². The third-order valence-electron chi connectivity index (χ3n) is 8.41. The van der Waals surface area contributed by atoms with Crippen molar-refractivity contribution in [3.8, 4) is 0 Å². The molecular formula is C31H50. The first-order valence-electron chi connectivity index (χ1n) is 14.0. The molecule has 0 aromatic heterocycles. The van der Waals surface area contributed by atoms with Gasteiger partial charge in [0.15, 0.2) is 0 Å². The number of aryl methyl sites for hydroxylation is 1. The molecule has 0 heteroatoms. The molecule has 0 amide bonds. The normalized spacial score (nSPS) is 19.7. The molecule has 31 heavy (non-hydrogen) atoms. The van der Waals surface area contributed by atoms with E-state index in [1.807, 2.05) is 0 Å². The molecule has 0 nitrogen and oxygen atoms in total. The summed E-state index contributed by atoms with van der Waals surface area (Å²) in [7, 11) is 0. The molecule has 0 radical (unpaired) electrons. The Kier molecular flexibility index (Phi) is 10.7. The monoisotopic (exact) mass is 422 g/mol. The van der Waals surface area contributed by atoms with Crippen LogP contribution >= 0.6 is 0 Å². The number of benzene rings is 1. The first-order chi connectivity index (χ1) is 15.2. The molecule has 2 aliphatic rings. The second kappa shape index (κ2) is 13.5. The fourth-order valence-corrected chi connectivity index (χ4v) is 6.29. The van der Waals surface area contributed by atoms with E-state index in [0.29, 0.717) is 5.41 Å². The molecule has 0 bridgehead atoms. The molecular weight excluding hydrogens is 372 g/mol. The predicted molar refractivity (Wildman–Crippen MR) is 138 cm³/mol. The SMILES string of the molecule is CCCCCc1ccc(C(CCC2(CCCC)CCCCC2)CC2=CCCCC2)cc1. The molecule has 0 aliphatic heterocycles. The van der Waals surface area contributed by atoms with E-state index in [9.17, 15) is 0 Å². The van der Waals surface area contributed by atoms with Gasteiger partial charge >= 0.3 is 0 Å². The van der Waals surface area contributed by atoms with Gasteiger partial charge in [0.2, 0.25) is 0 Å². The molecule has 1 unspecified atom stereocenters. The van der Waals surface area contributed by atoms with Crippen LogP contribution < -0.4 is 0 Å². The summed E-state index contributed by atoms with van der Waals surface area (Å²) in [5, 5.41) is 0. The lowest BCUT2D eigenvalue weighted by molar-refractivity contribution is 0.145. The highest BCUT2D eigenvalue weighted by molar-refractivity contribution is 5.27. The topological polar surface area (TPSA) is 0 Å². The van der Waals surface area contributed by atoms with Crippen LogP contribution in [0, 0.1) is 5.41 Å². The molecule has 1 saturated carbocycles. The van der Waals surface area contributed by atoms with Crippen molar-refractivity contribution in [1.82, 2.24) is 0 Å². The molecule has 1 aromatic rings. The van der Waals surface area contributed by atoms with Crippen molar-refractivity contribution in [2.45, 2.75) is 142 Å².